The first-order valence-electron chi connectivity index (χ1n) is 52.8. The number of ether oxygens (including phenoxy) is 19. The summed E-state index contributed by atoms with van der Waals surface area (Å²) in [5, 5.41) is 0. The molecule has 0 radical (unpaired) electrons. The van der Waals surface area contributed by atoms with Gasteiger partial charge in [0.15, 0.2) is 23.0 Å². The van der Waals surface area contributed by atoms with Crippen LogP contribution < -0.4 is 56.8 Å². The molecular formula is C126H166O19. The molecule has 10 aromatic rings. The maximum atomic E-state index is 6.95. The van der Waals surface area contributed by atoms with E-state index in [0.717, 1.165) is 148 Å². The molecule has 784 valence electrons. The molecule has 0 aromatic heterocycles. The third-order valence-corrected chi connectivity index (χ3v) is 27.5. The van der Waals surface area contributed by atoms with Gasteiger partial charge in [-0.25, -0.2) is 0 Å². The summed E-state index contributed by atoms with van der Waals surface area (Å²) >= 11 is 0. The first-order valence-corrected chi connectivity index (χ1v) is 52.8. The molecule has 19 nitrogen and oxygen atoms in total. The Morgan fingerprint density at radius 1 is 0.193 bits per heavy atom. The predicted octanol–water partition coefficient (Wildman–Crippen LogP) is 25.7. The predicted molar refractivity (Wildman–Crippen MR) is 580 cm³/mol. The zero-order chi connectivity index (χ0) is 103. The highest BCUT2D eigenvalue weighted by Crippen LogP contribution is 2.49. The monoisotopic (exact) mass is 1980 g/mol. The van der Waals surface area contributed by atoms with Gasteiger partial charge in [0, 0.05) is 51.4 Å². The lowest BCUT2D eigenvalue weighted by molar-refractivity contribution is 0.00484. The summed E-state index contributed by atoms with van der Waals surface area (Å²) in [6.45, 7) is 59.5. The maximum Gasteiger partial charge on any atom is 0.161 e. The van der Waals surface area contributed by atoms with Crippen LogP contribution in [0, 0.1) is 10.8 Å². The second-order valence-electron chi connectivity index (χ2n) is 47.3. The Bertz CT molecular complexity index is 5700. The minimum Gasteiger partial charge on any atom is -0.496 e. The van der Waals surface area contributed by atoms with Gasteiger partial charge in [-0.3, -0.25) is 0 Å². The zero-order valence-corrected chi connectivity index (χ0v) is 91.8. The second-order valence-corrected chi connectivity index (χ2v) is 47.3. The zero-order valence-electron chi connectivity index (χ0n) is 91.8. The molecular weight excluding hydrogens is 1820 g/mol. The van der Waals surface area contributed by atoms with Crippen molar-refractivity contribution in [2.24, 2.45) is 10.8 Å². The molecule has 19 heteroatoms. The molecule has 0 N–H and O–H groups in total. The fourth-order valence-electron chi connectivity index (χ4n) is 20.8. The van der Waals surface area contributed by atoms with E-state index in [0.29, 0.717) is 233 Å². The van der Waals surface area contributed by atoms with E-state index in [2.05, 4.69) is 298 Å². The average molecular weight is 1980 g/mol. The van der Waals surface area contributed by atoms with Crippen LogP contribution in [-0.2, 0) is 117 Å². The van der Waals surface area contributed by atoms with Crippen LogP contribution in [0.3, 0.4) is 0 Å². The Kier molecular flexibility index (Phi) is 37.3. The number of hydrogen-bond acceptors (Lipinski definition) is 19. The quantitative estimate of drug-likeness (QED) is 0.153. The fourth-order valence-corrected chi connectivity index (χ4v) is 20.8. The second kappa shape index (κ2) is 49.1. The summed E-state index contributed by atoms with van der Waals surface area (Å²) in [6, 6.07) is 57.3. The third-order valence-electron chi connectivity index (χ3n) is 27.5. The highest BCUT2D eigenvalue weighted by atomic mass is 16.6. The van der Waals surface area contributed by atoms with Gasteiger partial charge in [-0.15, -0.1) is 0 Å². The lowest BCUT2D eigenvalue weighted by Gasteiger charge is -2.33. The molecule has 0 saturated carbocycles. The molecule has 0 saturated heterocycles. The largest absolute Gasteiger partial charge is 0.496 e. The molecule has 3 aliphatic carbocycles. The van der Waals surface area contributed by atoms with E-state index >= 15 is 0 Å². The summed E-state index contributed by atoms with van der Waals surface area (Å²) in [5.41, 5.74) is 24.4. The first kappa shape index (κ1) is 110. The Balaban J connectivity index is 0.000000242. The molecule has 145 heavy (non-hydrogen) atoms. The van der Waals surface area contributed by atoms with Gasteiger partial charge in [0.1, 0.15) is 112 Å². The topological polar surface area (TPSA) is 175 Å². The number of hydrogen-bond donors (Lipinski definition) is 0. The van der Waals surface area contributed by atoms with E-state index in [1.54, 1.807) is 0 Å². The molecule has 0 spiro atoms. The molecule has 6 aliphatic rings. The Hall–Kier alpha value is -10.5. The van der Waals surface area contributed by atoms with Crippen molar-refractivity contribution in [3.8, 4) is 69.0 Å². The summed E-state index contributed by atoms with van der Waals surface area (Å²) in [6.07, 6.45) is 6.76. The van der Waals surface area contributed by atoms with Crippen molar-refractivity contribution in [3.05, 3.63) is 280 Å². The highest BCUT2D eigenvalue weighted by Gasteiger charge is 2.35. The van der Waals surface area contributed by atoms with Crippen LogP contribution in [0.2, 0.25) is 0 Å². The SMILES string of the molecule is CC(C)(C)CC(C)(C)c1ccc2c(c1)OCCOCCOc1cc3ccc1Cc1cccc4c1OCCOCCOc1cc(C(C)(C)CC(C)(C)C)ccc1OCCOCCOc1c(cccc1Cc1cccc(c1OCCOCCO2)C4)C3.COc1c2cc(C(C)(C)C)cc1Cc1cc(C(C)(C)C)cc3c1OCCOCCOCCOCCOc1c(cc(C(C)(C)C)cc1Cc1cc(C(C)(C)C)cc(c1OC)C3)C2. The minimum absolute atomic E-state index is 0.0834. The first-order chi connectivity index (χ1) is 69.0. The molecule has 0 atom stereocenters. The number of methoxy groups -OCH3 is 2. The van der Waals surface area contributed by atoms with E-state index in [-0.39, 0.29) is 43.3 Å². The van der Waals surface area contributed by atoms with E-state index in [1.165, 1.54) is 33.4 Å². The number of para-hydroxylation sites is 3. The maximum absolute atomic E-state index is 6.95. The van der Waals surface area contributed by atoms with Gasteiger partial charge in [0.25, 0.3) is 0 Å². The van der Waals surface area contributed by atoms with Gasteiger partial charge in [-0.1, -0.05) is 280 Å². The van der Waals surface area contributed by atoms with E-state index < -0.39 is 0 Å². The number of fused-ring (bicyclic) bond motifs is 5. The van der Waals surface area contributed by atoms with Crippen LogP contribution in [-0.4, -0.2) is 173 Å². The van der Waals surface area contributed by atoms with Crippen LogP contribution in [0.25, 0.3) is 0 Å². The highest BCUT2D eigenvalue weighted by molar-refractivity contribution is 5.62. The van der Waals surface area contributed by atoms with Crippen molar-refractivity contribution < 1.29 is 90.0 Å². The lowest BCUT2D eigenvalue weighted by Crippen LogP contribution is -2.25. The van der Waals surface area contributed by atoms with Crippen LogP contribution in [0.4, 0.5) is 0 Å². The summed E-state index contributed by atoms with van der Waals surface area (Å²) in [7, 11) is 3.63. The normalized spacial score (nSPS) is 16.6. The molecule has 3 aliphatic heterocycles. The van der Waals surface area contributed by atoms with Gasteiger partial charge in [0.2, 0.25) is 0 Å². The van der Waals surface area contributed by atoms with Crippen LogP contribution in [0.1, 0.15) is 288 Å². The molecule has 0 unspecified atom stereocenters. The smallest absolute Gasteiger partial charge is 0.161 e. The number of rotatable bonds is 6. The van der Waals surface area contributed by atoms with Gasteiger partial charge >= 0.3 is 0 Å². The van der Waals surface area contributed by atoms with E-state index in [1.807, 2.05) is 26.4 Å². The van der Waals surface area contributed by atoms with Crippen molar-refractivity contribution in [1.82, 2.24) is 0 Å². The Morgan fingerprint density at radius 2 is 0.421 bits per heavy atom. The molecule has 16 rings (SSSR count). The van der Waals surface area contributed by atoms with Crippen molar-refractivity contribution >= 4 is 0 Å². The van der Waals surface area contributed by atoms with E-state index in [4.69, 9.17) is 90.0 Å². The summed E-state index contributed by atoms with van der Waals surface area (Å²) in [5.74, 6) is 9.52. The molecule has 0 amide bonds. The molecule has 10 aromatic carbocycles. The third kappa shape index (κ3) is 30.6. The van der Waals surface area contributed by atoms with E-state index in [9.17, 15) is 0 Å². The van der Waals surface area contributed by atoms with Gasteiger partial charge in [0.05, 0.1) is 107 Å². The van der Waals surface area contributed by atoms with Crippen molar-refractivity contribution in [1.29, 1.82) is 0 Å². The van der Waals surface area contributed by atoms with Gasteiger partial charge in [-0.05, 0) is 209 Å². The van der Waals surface area contributed by atoms with Gasteiger partial charge in [-0.2, -0.15) is 0 Å². The molecule has 0 fully saturated rings. The van der Waals surface area contributed by atoms with Crippen molar-refractivity contribution in [3.63, 3.8) is 0 Å². The Morgan fingerprint density at radius 3 is 0.690 bits per heavy atom. The summed E-state index contributed by atoms with van der Waals surface area (Å²) < 4.78 is 123. The Labute approximate surface area is 866 Å². The number of benzene rings is 10. The fraction of sp³-hybridized carbons (Fsp3) is 0.524. The lowest BCUT2D eigenvalue weighted by atomic mass is 9.72. The molecule has 3 heterocycles. The van der Waals surface area contributed by atoms with Crippen molar-refractivity contribution in [2.75, 3.05) is 173 Å². The average Bonchev–Trinajstić information content (AvgIpc) is 0.800. The van der Waals surface area contributed by atoms with Gasteiger partial charge < -0.3 is 90.0 Å². The van der Waals surface area contributed by atoms with Crippen LogP contribution >= 0.6 is 0 Å². The minimum atomic E-state index is -0.117. The van der Waals surface area contributed by atoms with Crippen molar-refractivity contribution in [2.45, 2.75) is 249 Å². The molecule has 22 bridgehead atoms. The standard InChI is InChI=1S/C72H92O12.C54H74O7/c1-69(2,3)49-71(7,8)59-22-24-61-64(47-59)80-37-29-73-28-36-79-63-43-51-20-21-52(63)44-54-15-12-17-56-46-58-19-13-18-57(68(58)84-41-32-75-27-35-78-61)45-55-16-11-14-53(42-51)66(55)82-39-31-74-26-34-77-62-25-23-60(72(9,10)50-70(4,5)6)48-65(62)81-38-30-76-33-40-83-67(54)56;1-51(2,3)43-27-35-23-39-31-45(53(7,8)9)33-41-25-37-29-44(52(4,5)6)30-38(48(37)56-14)26-42-34-46(54(10,11)12)32-40(24-36(28-43)47(35)55-13)50(42)61-22-20-59-18-16-57-15-17-58-19-21-60-49(39)41/h11-25,43,47-48H,26-42,44-46,49-50H2,1-10H3;27-34H,15-26H2,1-14H3. The van der Waals surface area contributed by atoms with Crippen LogP contribution in [0.5, 0.6) is 69.0 Å². The van der Waals surface area contributed by atoms with Crippen LogP contribution in [0.15, 0.2) is 158 Å². The summed E-state index contributed by atoms with van der Waals surface area (Å²) in [4.78, 5) is 0.